The van der Waals surface area contributed by atoms with E-state index in [1.54, 1.807) is 19.2 Å². The van der Waals surface area contributed by atoms with Crippen molar-refractivity contribution in [1.82, 2.24) is 0 Å². The lowest BCUT2D eigenvalue weighted by atomic mass is 10.1. The molecule has 2 aromatic carbocycles. The monoisotopic (exact) mass is 345 g/mol. The molecule has 0 saturated heterocycles. The van der Waals surface area contributed by atoms with Crippen molar-refractivity contribution in [2.75, 3.05) is 12.0 Å². The molecule has 1 aliphatic rings. The van der Waals surface area contributed by atoms with E-state index in [4.69, 9.17) is 4.74 Å². The molecule has 0 N–H and O–H groups in total. The number of anilines is 1. The van der Waals surface area contributed by atoms with Gasteiger partial charge in [0.15, 0.2) is 0 Å². The first kappa shape index (κ1) is 13.8. The van der Waals surface area contributed by atoms with E-state index in [2.05, 4.69) is 15.9 Å². The second kappa shape index (κ2) is 5.33. The van der Waals surface area contributed by atoms with E-state index in [-0.39, 0.29) is 0 Å². The van der Waals surface area contributed by atoms with Crippen LogP contribution in [0.2, 0.25) is 0 Å². The van der Waals surface area contributed by atoms with E-state index in [0.717, 1.165) is 5.56 Å². The summed E-state index contributed by atoms with van der Waals surface area (Å²) in [7, 11) is 1.58. The predicted molar refractivity (Wildman–Crippen MR) is 82.7 cm³/mol. The third-order valence-corrected chi connectivity index (χ3v) is 4.13. The van der Waals surface area contributed by atoms with Gasteiger partial charge in [0.25, 0.3) is 11.7 Å². The number of halogens is 1. The van der Waals surface area contributed by atoms with Crippen LogP contribution in [0.4, 0.5) is 5.69 Å². The lowest BCUT2D eigenvalue weighted by Crippen LogP contribution is -2.29. The molecule has 21 heavy (non-hydrogen) atoms. The minimum absolute atomic E-state index is 0.304. The molecule has 1 heterocycles. The molecule has 2 aromatic rings. The lowest BCUT2D eigenvalue weighted by Gasteiger charge is -2.18. The first-order valence-electron chi connectivity index (χ1n) is 6.40. The van der Waals surface area contributed by atoms with Crippen LogP contribution in [0.15, 0.2) is 46.9 Å². The lowest BCUT2D eigenvalue weighted by molar-refractivity contribution is -0.114. The number of hydrogen-bond acceptors (Lipinski definition) is 3. The van der Waals surface area contributed by atoms with Crippen LogP contribution in [-0.2, 0) is 11.3 Å². The van der Waals surface area contributed by atoms with E-state index in [0.29, 0.717) is 28.0 Å². The molecule has 0 spiro atoms. The first-order valence-corrected chi connectivity index (χ1v) is 7.19. The van der Waals surface area contributed by atoms with Crippen LogP contribution in [0.3, 0.4) is 0 Å². The molecule has 0 atom stereocenters. The number of amides is 1. The summed E-state index contributed by atoms with van der Waals surface area (Å²) in [5.74, 6) is -0.295. The van der Waals surface area contributed by atoms with Crippen LogP contribution in [-0.4, -0.2) is 18.8 Å². The van der Waals surface area contributed by atoms with Crippen molar-refractivity contribution in [3.05, 3.63) is 58.1 Å². The predicted octanol–water partition coefficient (Wildman–Crippen LogP) is 3.19. The van der Waals surface area contributed by atoms with Crippen LogP contribution < -0.4 is 9.64 Å². The van der Waals surface area contributed by atoms with Crippen molar-refractivity contribution in [3.8, 4) is 5.75 Å². The standard InChI is InChI=1S/C16H12BrNO3/c1-21-13-8-3-2-5-10(13)9-18-12-7-4-6-11(17)14(12)15(19)16(18)20/h2-8H,9H2,1H3. The number of carbonyl (C=O) groups is 2. The van der Waals surface area contributed by atoms with Gasteiger partial charge in [-0.15, -0.1) is 0 Å². The topological polar surface area (TPSA) is 46.6 Å². The van der Waals surface area contributed by atoms with E-state index >= 15 is 0 Å². The summed E-state index contributed by atoms with van der Waals surface area (Å²) >= 11 is 3.33. The summed E-state index contributed by atoms with van der Waals surface area (Å²) in [6.45, 7) is 0.304. The molecule has 1 amide bonds. The zero-order valence-electron chi connectivity index (χ0n) is 11.3. The number of hydrogen-bond donors (Lipinski definition) is 0. The number of ether oxygens (including phenoxy) is 1. The Hall–Kier alpha value is -2.14. The van der Waals surface area contributed by atoms with Gasteiger partial charge in [-0.25, -0.2) is 0 Å². The zero-order valence-corrected chi connectivity index (χ0v) is 12.9. The fourth-order valence-corrected chi connectivity index (χ4v) is 3.00. The third-order valence-electron chi connectivity index (χ3n) is 3.47. The molecule has 0 fully saturated rings. The largest absolute Gasteiger partial charge is 0.496 e. The van der Waals surface area contributed by atoms with Crippen molar-refractivity contribution in [2.45, 2.75) is 6.54 Å². The van der Waals surface area contributed by atoms with Gasteiger partial charge in [0.05, 0.1) is 24.9 Å². The fourth-order valence-electron chi connectivity index (χ4n) is 2.46. The second-order valence-electron chi connectivity index (χ2n) is 4.67. The Balaban J connectivity index is 2.03. The van der Waals surface area contributed by atoms with Crippen molar-refractivity contribution in [1.29, 1.82) is 0 Å². The maximum atomic E-state index is 12.2. The molecule has 5 heteroatoms. The van der Waals surface area contributed by atoms with Gasteiger partial charge in [-0.1, -0.05) is 24.3 Å². The van der Waals surface area contributed by atoms with Gasteiger partial charge >= 0.3 is 0 Å². The number of nitrogens with zero attached hydrogens (tertiary/aromatic N) is 1. The Kier molecular flexibility index (Phi) is 3.51. The number of rotatable bonds is 3. The summed E-state index contributed by atoms with van der Waals surface area (Å²) in [5.41, 5.74) is 1.91. The number of benzene rings is 2. The van der Waals surface area contributed by atoms with E-state index in [1.165, 1.54) is 4.90 Å². The normalized spacial score (nSPS) is 13.5. The molecular formula is C16H12BrNO3. The number of Topliss-reactive ketones (excluding diaryl/α,β-unsaturated/α-hetero) is 1. The maximum absolute atomic E-state index is 12.2. The van der Waals surface area contributed by atoms with Crippen LogP contribution in [0.5, 0.6) is 5.75 Å². The fraction of sp³-hybridized carbons (Fsp3) is 0.125. The Bertz CT molecular complexity index is 742. The summed E-state index contributed by atoms with van der Waals surface area (Å²) in [6, 6.07) is 12.8. The van der Waals surface area contributed by atoms with Gasteiger partial charge in [-0.05, 0) is 34.1 Å². The molecule has 0 unspecified atom stereocenters. The van der Waals surface area contributed by atoms with Crippen molar-refractivity contribution in [3.63, 3.8) is 0 Å². The molecule has 0 radical (unpaired) electrons. The average molecular weight is 346 g/mol. The second-order valence-corrected chi connectivity index (χ2v) is 5.52. The number of carbonyl (C=O) groups excluding carboxylic acids is 2. The minimum Gasteiger partial charge on any atom is -0.496 e. The van der Waals surface area contributed by atoms with Crippen LogP contribution in [0.25, 0.3) is 0 Å². The van der Waals surface area contributed by atoms with Crippen molar-refractivity contribution < 1.29 is 14.3 Å². The number of methoxy groups -OCH3 is 1. The summed E-state index contributed by atoms with van der Waals surface area (Å²) in [4.78, 5) is 25.8. The molecule has 4 nitrogen and oxygen atoms in total. The van der Waals surface area contributed by atoms with E-state index in [1.807, 2.05) is 30.3 Å². The highest BCUT2D eigenvalue weighted by molar-refractivity contribution is 9.10. The Labute approximate surface area is 130 Å². The quantitative estimate of drug-likeness (QED) is 0.802. The average Bonchev–Trinajstić information content (AvgIpc) is 2.74. The van der Waals surface area contributed by atoms with E-state index in [9.17, 15) is 9.59 Å². The third kappa shape index (κ3) is 2.23. The Morgan fingerprint density at radius 1 is 1.10 bits per heavy atom. The van der Waals surface area contributed by atoms with Crippen LogP contribution in [0.1, 0.15) is 15.9 Å². The van der Waals surface area contributed by atoms with Gasteiger partial charge in [-0.3, -0.25) is 9.59 Å². The summed E-state index contributed by atoms with van der Waals surface area (Å²) in [5, 5.41) is 0. The number of fused-ring (bicyclic) bond motifs is 1. The first-order chi connectivity index (χ1) is 10.1. The SMILES string of the molecule is COc1ccccc1CN1C(=O)C(=O)c2c(Br)cccc21. The highest BCUT2D eigenvalue weighted by Crippen LogP contribution is 2.36. The molecular weight excluding hydrogens is 334 g/mol. The number of para-hydroxylation sites is 1. The molecule has 0 bridgehead atoms. The van der Waals surface area contributed by atoms with Gasteiger partial charge in [0.1, 0.15) is 5.75 Å². The van der Waals surface area contributed by atoms with Gasteiger partial charge < -0.3 is 9.64 Å². The molecule has 3 rings (SSSR count). The Morgan fingerprint density at radius 3 is 2.62 bits per heavy atom. The van der Waals surface area contributed by atoms with Crippen LogP contribution >= 0.6 is 15.9 Å². The highest BCUT2D eigenvalue weighted by Gasteiger charge is 2.37. The van der Waals surface area contributed by atoms with Gasteiger partial charge in [0.2, 0.25) is 0 Å². The smallest absolute Gasteiger partial charge is 0.299 e. The van der Waals surface area contributed by atoms with Gasteiger partial charge in [0, 0.05) is 10.0 Å². The Morgan fingerprint density at radius 2 is 1.86 bits per heavy atom. The van der Waals surface area contributed by atoms with Crippen LogP contribution in [0, 0.1) is 0 Å². The molecule has 0 aromatic heterocycles. The zero-order chi connectivity index (χ0) is 15.0. The van der Waals surface area contributed by atoms with Crippen molar-refractivity contribution >= 4 is 33.3 Å². The van der Waals surface area contributed by atoms with E-state index < -0.39 is 11.7 Å². The molecule has 1 aliphatic heterocycles. The van der Waals surface area contributed by atoms with Gasteiger partial charge in [-0.2, -0.15) is 0 Å². The summed E-state index contributed by atoms with van der Waals surface area (Å²) < 4.78 is 5.94. The molecule has 0 saturated carbocycles. The van der Waals surface area contributed by atoms with Crippen molar-refractivity contribution in [2.24, 2.45) is 0 Å². The minimum atomic E-state index is -0.511. The number of ketones is 1. The molecule has 106 valence electrons. The highest BCUT2D eigenvalue weighted by atomic mass is 79.9. The maximum Gasteiger partial charge on any atom is 0.299 e. The summed E-state index contributed by atoms with van der Waals surface area (Å²) in [6.07, 6.45) is 0. The molecule has 0 aliphatic carbocycles.